The minimum atomic E-state index is 0.0786. The maximum atomic E-state index is 8.92. The third kappa shape index (κ3) is 5.31. The zero-order valence-electron chi connectivity index (χ0n) is 11.5. The molecule has 0 unspecified atom stereocenters. The first-order chi connectivity index (χ1) is 9.21. The van der Waals surface area contributed by atoms with Gasteiger partial charge in [-0.25, -0.2) is 0 Å². The van der Waals surface area contributed by atoms with E-state index in [1.165, 1.54) is 0 Å². The largest absolute Gasteiger partial charge is 0.496 e. The first kappa shape index (κ1) is 15.5. The van der Waals surface area contributed by atoms with Crippen molar-refractivity contribution >= 4 is 0 Å². The lowest BCUT2D eigenvalue weighted by Crippen LogP contribution is -2.21. The molecular formula is C15H21NO3. The number of rotatable bonds is 6. The van der Waals surface area contributed by atoms with Crippen LogP contribution < -0.4 is 4.74 Å². The van der Waals surface area contributed by atoms with Crippen LogP contribution in [0.4, 0.5) is 0 Å². The molecule has 2 N–H and O–H groups in total. The zero-order valence-corrected chi connectivity index (χ0v) is 11.5. The molecule has 0 radical (unpaired) electrons. The van der Waals surface area contributed by atoms with Crippen LogP contribution in [0.25, 0.3) is 0 Å². The number of hydrogen-bond donors (Lipinski definition) is 2. The average Bonchev–Trinajstić information content (AvgIpc) is 2.39. The van der Waals surface area contributed by atoms with E-state index in [9.17, 15) is 0 Å². The summed E-state index contributed by atoms with van der Waals surface area (Å²) in [7, 11) is 3.59. The summed E-state index contributed by atoms with van der Waals surface area (Å²) in [4.78, 5) is 2.02. The van der Waals surface area contributed by atoms with Crippen LogP contribution in [0.2, 0.25) is 0 Å². The van der Waals surface area contributed by atoms with E-state index in [0.29, 0.717) is 19.5 Å². The van der Waals surface area contributed by atoms with E-state index in [1.54, 1.807) is 7.11 Å². The summed E-state index contributed by atoms with van der Waals surface area (Å²) in [5.41, 5.74) is 1.94. The van der Waals surface area contributed by atoms with Crippen molar-refractivity contribution in [2.75, 3.05) is 33.9 Å². The van der Waals surface area contributed by atoms with Crippen LogP contribution in [0.5, 0.6) is 5.75 Å². The predicted molar refractivity (Wildman–Crippen MR) is 75.0 cm³/mol. The van der Waals surface area contributed by atoms with Crippen LogP contribution in [0.1, 0.15) is 17.5 Å². The molecule has 0 aliphatic carbocycles. The van der Waals surface area contributed by atoms with Crippen molar-refractivity contribution < 1.29 is 14.9 Å². The molecule has 0 saturated carbocycles. The minimum absolute atomic E-state index is 0.0786. The summed E-state index contributed by atoms with van der Waals surface area (Å²) >= 11 is 0. The number of nitrogens with zero attached hydrogens (tertiary/aromatic N) is 1. The average molecular weight is 263 g/mol. The molecule has 0 spiro atoms. The highest BCUT2D eigenvalue weighted by atomic mass is 16.5. The molecule has 0 atom stereocenters. The Morgan fingerprint density at radius 2 is 2.05 bits per heavy atom. The molecule has 1 rings (SSSR count). The van der Waals surface area contributed by atoms with Gasteiger partial charge in [-0.1, -0.05) is 11.8 Å². The van der Waals surface area contributed by atoms with Gasteiger partial charge < -0.3 is 14.9 Å². The van der Waals surface area contributed by atoms with Crippen molar-refractivity contribution in [3.63, 3.8) is 0 Å². The van der Waals surface area contributed by atoms with Crippen molar-refractivity contribution in [1.29, 1.82) is 0 Å². The molecule has 19 heavy (non-hydrogen) atoms. The van der Waals surface area contributed by atoms with Gasteiger partial charge >= 0.3 is 0 Å². The van der Waals surface area contributed by atoms with Gasteiger partial charge in [-0.05, 0) is 25.2 Å². The second-order valence-corrected chi connectivity index (χ2v) is 4.26. The van der Waals surface area contributed by atoms with Crippen molar-refractivity contribution in [3.05, 3.63) is 29.3 Å². The highest BCUT2D eigenvalue weighted by Gasteiger charge is 2.06. The number of hydrogen-bond acceptors (Lipinski definition) is 4. The van der Waals surface area contributed by atoms with Crippen molar-refractivity contribution in [2.45, 2.75) is 13.0 Å². The van der Waals surface area contributed by atoms with E-state index in [0.717, 1.165) is 16.9 Å². The van der Waals surface area contributed by atoms with Crippen molar-refractivity contribution in [1.82, 2.24) is 4.90 Å². The number of aliphatic hydroxyl groups excluding tert-OH is 2. The van der Waals surface area contributed by atoms with Gasteiger partial charge in [0, 0.05) is 30.6 Å². The zero-order chi connectivity index (χ0) is 14.1. The van der Waals surface area contributed by atoms with Gasteiger partial charge in [-0.3, -0.25) is 4.90 Å². The predicted octanol–water partition coefficient (Wildman–Crippen LogP) is 0.853. The van der Waals surface area contributed by atoms with E-state index in [2.05, 4.69) is 11.8 Å². The third-order valence-corrected chi connectivity index (χ3v) is 2.67. The summed E-state index contributed by atoms with van der Waals surface area (Å²) in [5, 5.41) is 17.6. The topological polar surface area (TPSA) is 52.9 Å². The first-order valence-electron chi connectivity index (χ1n) is 6.27. The Morgan fingerprint density at radius 1 is 1.26 bits per heavy atom. The van der Waals surface area contributed by atoms with E-state index < -0.39 is 0 Å². The Balaban J connectivity index is 2.87. The molecule has 0 saturated heterocycles. The fourth-order valence-electron chi connectivity index (χ4n) is 1.74. The Hall–Kier alpha value is -1.54. The quantitative estimate of drug-likeness (QED) is 0.747. The molecule has 0 aliphatic heterocycles. The van der Waals surface area contributed by atoms with E-state index in [4.69, 9.17) is 14.9 Å². The van der Waals surface area contributed by atoms with E-state index in [1.807, 2.05) is 30.1 Å². The minimum Gasteiger partial charge on any atom is -0.496 e. The molecule has 0 aromatic heterocycles. The normalized spacial score (nSPS) is 10.2. The highest BCUT2D eigenvalue weighted by Crippen LogP contribution is 2.20. The van der Waals surface area contributed by atoms with Crippen LogP contribution in [0, 0.1) is 11.8 Å². The van der Waals surface area contributed by atoms with Crippen LogP contribution in [-0.2, 0) is 6.54 Å². The summed E-state index contributed by atoms with van der Waals surface area (Å²) in [6.45, 7) is 1.52. The molecule has 0 fully saturated rings. The molecular weight excluding hydrogens is 242 g/mol. The lowest BCUT2D eigenvalue weighted by molar-refractivity contribution is 0.216. The van der Waals surface area contributed by atoms with Gasteiger partial charge in [0.1, 0.15) is 5.75 Å². The molecule has 0 amide bonds. The van der Waals surface area contributed by atoms with Crippen LogP contribution in [0.3, 0.4) is 0 Å². The second-order valence-electron chi connectivity index (χ2n) is 4.26. The third-order valence-electron chi connectivity index (χ3n) is 2.67. The van der Waals surface area contributed by atoms with Gasteiger partial charge in [0.2, 0.25) is 0 Å². The maximum Gasteiger partial charge on any atom is 0.123 e. The monoisotopic (exact) mass is 263 g/mol. The second kappa shape index (κ2) is 8.54. The molecule has 4 nitrogen and oxygen atoms in total. The van der Waals surface area contributed by atoms with Gasteiger partial charge in [0.15, 0.2) is 0 Å². The van der Waals surface area contributed by atoms with Crippen molar-refractivity contribution in [2.24, 2.45) is 0 Å². The summed E-state index contributed by atoms with van der Waals surface area (Å²) in [5.74, 6) is 6.73. The van der Waals surface area contributed by atoms with E-state index in [-0.39, 0.29) is 13.2 Å². The van der Waals surface area contributed by atoms with Gasteiger partial charge in [-0.2, -0.15) is 0 Å². The standard InChI is InChI=1S/C15H21NO3/c1-16(8-10-18)12-14-11-13(5-3-4-9-17)6-7-15(14)19-2/h6-7,11,17-18H,4,8-10,12H2,1-2H3. The summed E-state index contributed by atoms with van der Waals surface area (Å²) in [6, 6.07) is 5.78. The van der Waals surface area contributed by atoms with Gasteiger partial charge in [0.25, 0.3) is 0 Å². The molecule has 0 aliphatic rings. The number of methoxy groups -OCH3 is 1. The SMILES string of the molecule is COc1ccc(C#CCCO)cc1CN(C)CCO. The molecule has 0 bridgehead atoms. The Morgan fingerprint density at radius 3 is 2.68 bits per heavy atom. The van der Waals surface area contributed by atoms with Crippen LogP contribution in [-0.4, -0.2) is 49.0 Å². The number of ether oxygens (including phenoxy) is 1. The Labute approximate surface area is 114 Å². The number of benzene rings is 1. The van der Waals surface area contributed by atoms with Crippen molar-refractivity contribution in [3.8, 4) is 17.6 Å². The van der Waals surface area contributed by atoms with Gasteiger partial charge in [0.05, 0.1) is 20.3 Å². The molecule has 0 heterocycles. The molecule has 104 valence electrons. The molecule has 4 heteroatoms. The molecule has 1 aromatic rings. The summed E-state index contributed by atoms with van der Waals surface area (Å²) in [6.07, 6.45) is 0.478. The fourth-order valence-corrected chi connectivity index (χ4v) is 1.74. The molecule has 1 aromatic carbocycles. The maximum absolute atomic E-state index is 8.92. The van der Waals surface area contributed by atoms with E-state index >= 15 is 0 Å². The summed E-state index contributed by atoms with van der Waals surface area (Å²) < 4.78 is 5.33. The highest BCUT2D eigenvalue weighted by molar-refractivity contribution is 5.44. The first-order valence-corrected chi connectivity index (χ1v) is 6.27. The fraction of sp³-hybridized carbons (Fsp3) is 0.467. The lowest BCUT2D eigenvalue weighted by atomic mass is 10.1. The Bertz CT molecular complexity index is 448. The number of likely N-dealkylation sites (N-methyl/N-ethyl adjacent to an activating group) is 1. The number of aliphatic hydroxyl groups is 2. The van der Waals surface area contributed by atoms with Crippen LogP contribution >= 0.6 is 0 Å². The Kier molecular flexibility index (Phi) is 6.98. The lowest BCUT2D eigenvalue weighted by Gasteiger charge is -2.17. The van der Waals surface area contributed by atoms with Crippen LogP contribution in [0.15, 0.2) is 18.2 Å². The smallest absolute Gasteiger partial charge is 0.123 e. The van der Waals surface area contributed by atoms with Gasteiger partial charge in [-0.15, -0.1) is 0 Å².